The Balaban J connectivity index is 1.68. The largest absolute Gasteiger partial charge is 0.319 e. The summed E-state index contributed by atoms with van der Waals surface area (Å²) in [4.78, 5) is 26.0. The lowest BCUT2D eigenvalue weighted by Crippen LogP contribution is -2.23. The van der Waals surface area contributed by atoms with Gasteiger partial charge in [-0.25, -0.2) is 0 Å². The fourth-order valence-corrected chi connectivity index (χ4v) is 2.47. The maximum Gasteiger partial charge on any atom is 0.296 e. The lowest BCUT2D eigenvalue weighted by atomic mass is 9.86. The number of nitrogens with one attached hydrogen (secondary N) is 1. The molecular formula is C20H20N4O2. The Kier molecular flexibility index (Phi) is 4.67. The van der Waals surface area contributed by atoms with E-state index in [4.69, 9.17) is 0 Å². The molecule has 0 fully saturated rings. The first-order valence-corrected chi connectivity index (χ1v) is 8.27. The second kappa shape index (κ2) is 6.92. The number of amides is 1. The molecule has 0 saturated carbocycles. The number of ketones is 1. The van der Waals surface area contributed by atoms with E-state index in [1.54, 1.807) is 48.8 Å². The van der Waals surface area contributed by atoms with Crippen LogP contribution in [0.2, 0.25) is 0 Å². The van der Waals surface area contributed by atoms with Crippen LogP contribution in [0.25, 0.3) is 5.69 Å². The van der Waals surface area contributed by atoms with E-state index in [-0.39, 0.29) is 5.41 Å². The van der Waals surface area contributed by atoms with E-state index < -0.39 is 11.7 Å². The third kappa shape index (κ3) is 3.85. The second-order valence-electron chi connectivity index (χ2n) is 6.98. The van der Waals surface area contributed by atoms with Gasteiger partial charge in [0.25, 0.3) is 11.7 Å². The van der Waals surface area contributed by atoms with Crippen LogP contribution in [-0.2, 0) is 10.2 Å². The highest BCUT2D eigenvalue weighted by atomic mass is 16.2. The van der Waals surface area contributed by atoms with Crippen LogP contribution >= 0.6 is 0 Å². The summed E-state index contributed by atoms with van der Waals surface area (Å²) < 4.78 is 0. The fourth-order valence-electron chi connectivity index (χ4n) is 2.47. The Bertz CT molecular complexity index is 906. The molecule has 1 heterocycles. The van der Waals surface area contributed by atoms with Crippen molar-refractivity contribution >= 4 is 17.4 Å². The van der Waals surface area contributed by atoms with Crippen molar-refractivity contribution in [1.82, 2.24) is 15.0 Å². The summed E-state index contributed by atoms with van der Waals surface area (Å²) in [7, 11) is 0. The molecule has 0 radical (unpaired) electrons. The summed E-state index contributed by atoms with van der Waals surface area (Å²) in [6.45, 7) is 6.29. The van der Waals surface area contributed by atoms with E-state index in [0.717, 1.165) is 11.3 Å². The van der Waals surface area contributed by atoms with Gasteiger partial charge < -0.3 is 5.32 Å². The van der Waals surface area contributed by atoms with Crippen molar-refractivity contribution in [2.75, 3.05) is 5.32 Å². The standard InChI is InChI=1S/C20H20N4O2/c1-20(2,3)15-6-4-14(5-7-15)18(25)19(26)23-16-8-10-17(11-9-16)24-21-12-13-22-24/h4-13H,1-3H3,(H,23,26). The molecule has 0 aliphatic heterocycles. The number of benzene rings is 2. The van der Waals surface area contributed by atoms with Crippen molar-refractivity contribution < 1.29 is 9.59 Å². The molecule has 1 N–H and O–H groups in total. The first-order chi connectivity index (χ1) is 12.3. The van der Waals surface area contributed by atoms with Crippen LogP contribution in [0.3, 0.4) is 0 Å². The summed E-state index contributed by atoms with van der Waals surface area (Å²) in [6.07, 6.45) is 3.17. The topological polar surface area (TPSA) is 76.9 Å². The first kappa shape index (κ1) is 17.5. The van der Waals surface area contributed by atoms with Crippen LogP contribution in [0.5, 0.6) is 0 Å². The van der Waals surface area contributed by atoms with Gasteiger partial charge >= 0.3 is 0 Å². The Labute approximate surface area is 151 Å². The number of rotatable bonds is 4. The molecule has 0 unspecified atom stereocenters. The van der Waals surface area contributed by atoms with Gasteiger partial charge in [0, 0.05) is 11.3 Å². The predicted molar refractivity (Wildman–Crippen MR) is 99.5 cm³/mol. The normalized spacial score (nSPS) is 11.2. The molecule has 6 nitrogen and oxygen atoms in total. The van der Waals surface area contributed by atoms with E-state index in [1.165, 1.54) is 4.80 Å². The number of anilines is 1. The van der Waals surface area contributed by atoms with Gasteiger partial charge in [-0.15, -0.1) is 0 Å². The highest BCUT2D eigenvalue weighted by Gasteiger charge is 2.18. The number of Topliss-reactive ketones (excluding diaryl/α,β-unsaturated/α-hetero) is 1. The molecule has 0 bridgehead atoms. The SMILES string of the molecule is CC(C)(C)c1ccc(C(=O)C(=O)Nc2ccc(-n3nccn3)cc2)cc1. The number of aromatic nitrogens is 3. The number of carbonyl (C=O) groups excluding carboxylic acids is 2. The van der Waals surface area contributed by atoms with Crippen LogP contribution in [0.4, 0.5) is 5.69 Å². The summed E-state index contributed by atoms with van der Waals surface area (Å²) in [5.41, 5.74) is 2.77. The van der Waals surface area contributed by atoms with Gasteiger partial charge in [-0.2, -0.15) is 15.0 Å². The van der Waals surface area contributed by atoms with Crippen molar-refractivity contribution in [3.63, 3.8) is 0 Å². The van der Waals surface area contributed by atoms with Gasteiger partial charge in [0.1, 0.15) is 0 Å². The predicted octanol–water partition coefficient (Wildman–Crippen LogP) is 3.39. The summed E-state index contributed by atoms with van der Waals surface area (Å²) in [5.74, 6) is -1.23. The minimum Gasteiger partial charge on any atom is -0.319 e. The highest BCUT2D eigenvalue weighted by molar-refractivity contribution is 6.46. The molecule has 0 saturated heterocycles. The van der Waals surface area contributed by atoms with Crippen LogP contribution in [0, 0.1) is 0 Å². The highest BCUT2D eigenvalue weighted by Crippen LogP contribution is 2.22. The molecule has 3 aromatic rings. The summed E-state index contributed by atoms with van der Waals surface area (Å²) in [6, 6.07) is 14.1. The first-order valence-electron chi connectivity index (χ1n) is 8.27. The zero-order chi connectivity index (χ0) is 18.7. The Morgan fingerprint density at radius 2 is 1.46 bits per heavy atom. The minimum atomic E-state index is -0.668. The van der Waals surface area contributed by atoms with Gasteiger partial charge in [0.15, 0.2) is 0 Å². The molecular weight excluding hydrogens is 328 g/mol. The van der Waals surface area contributed by atoms with Crippen molar-refractivity contribution in [1.29, 1.82) is 0 Å². The van der Waals surface area contributed by atoms with Crippen LogP contribution in [-0.4, -0.2) is 26.7 Å². The van der Waals surface area contributed by atoms with Gasteiger partial charge in [0.2, 0.25) is 0 Å². The Morgan fingerprint density at radius 3 is 2.00 bits per heavy atom. The van der Waals surface area contributed by atoms with E-state index in [0.29, 0.717) is 11.3 Å². The lowest BCUT2D eigenvalue weighted by Gasteiger charge is -2.18. The van der Waals surface area contributed by atoms with E-state index in [2.05, 4.69) is 36.3 Å². The van der Waals surface area contributed by atoms with Crippen molar-refractivity contribution in [2.45, 2.75) is 26.2 Å². The monoisotopic (exact) mass is 348 g/mol. The van der Waals surface area contributed by atoms with Crippen LogP contribution < -0.4 is 5.32 Å². The molecule has 6 heteroatoms. The zero-order valence-electron chi connectivity index (χ0n) is 14.9. The van der Waals surface area contributed by atoms with Crippen molar-refractivity contribution in [3.05, 3.63) is 72.1 Å². The molecule has 3 rings (SSSR count). The van der Waals surface area contributed by atoms with Crippen molar-refractivity contribution in [2.24, 2.45) is 0 Å². The lowest BCUT2D eigenvalue weighted by molar-refractivity contribution is -0.112. The van der Waals surface area contributed by atoms with Gasteiger partial charge in [-0.3, -0.25) is 9.59 Å². The van der Waals surface area contributed by atoms with Gasteiger partial charge in [-0.05, 0) is 35.2 Å². The minimum absolute atomic E-state index is 0.00495. The fraction of sp³-hybridized carbons (Fsp3) is 0.200. The Morgan fingerprint density at radius 1 is 0.885 bits per heavy atom. The molecule has 1 aromatic heterocycles. The maximum atomic E-state index is 12.3. The molecule has 1 amide bonds. The van der Waals surface area contributed by atoms with E-state index in [9.17, 15) is 9.59 Å². The molecule has 26 heavy (non-hydrogen) atoms. The summed E-state index contributed by atoms with van der Waals surface area (Å²) in [5, 5.41) is 10.7. The van der Waals surface area contributed by atoms with E-state index in [1.807, 2.05) is 12.1 Å². The second-order valence-corrected chi connectivity index (χ2v) is 6.98. The molecule has 132 valence electrons. The summed E-state index contributed by atoms with van der Waals surface area (Å²) >= 11 is 0. The number of hydrogen-bond donors (Lipinski definition) is 1. The van der Waals surface area contributed by atoms with Gasteiger partial charge in [0.05, 0.1) is 18.1 Å². The average Bonchev–Trinajstić information content (AvgIpc) is 3.16. The van der Waals surface area contributed by atoms with Crippen LogP contribution in [0.15, 0.2) is 60.9 Å². The number of hydrogen-bond acceptors (Lipinski definition) is 4. The molecule has 0 aliphatic rings. The van der Waals surface area contributed by atoms with Crippen LogP contribution in [0.1, 0.15) is 36.7 Å². The zero-order valence-corrected chi connectivity index (χ0v) is 14.9. The third-order valence-electron chi connectivity index (χ3n) is 3.99. The average molecular weight is 348 g/mol. The molecule has 0 aliphatic carbocycles. The smallest absolute Gasteiger partial charge is 0.296 e. The maximum absolute atomic E-state index is 12.3. The van der Waals surface area contributed by atoms with Crippen molar-refractivity contribution in [3.8, 4) is 5.69 Å². The van der Waals surface area contributed by atoms with E-state index >= 15 is 0 Å². The molecule has 0 spiro atoms. The third-order valence-corrected chi connectivity index (χ3v) is 3.99. The van der Waals surface area contributed by atoms with Gasteiger partial charge in [-0.1, -0.05) is 45.0 Å². The Hall–Kier alpha value is -3.28. The molecule has 0 atom stereocenters. The number of nitrogens with zero attached hydrogens (tertiary/aromatic N) is 3. The molecule has 2 aromatic carbocycles. The number of carbonyl (C=O) groups is 2. The quantitative estimate of drug-likeness (QED) is 0.579.